The molecule has 6 N–H and O–H groups in total. The first kappa shape index (κ1) is 17.4. The van der Waals surface area contributed by atoms with Gasteiger partial charge in [0.1, 0.15) is 5.82 Å². The third-order valence-electron chi connectivity index (χ3n) is 3.62. The van der Waals surface area contributed by atoms with E-state index in [-0.39, 0.29) is 23.6 Å². The maximum Gasteiger partial charge on any atom is 0.265 e. The smallest absolute Gasteiger partial charge is 0.265 e. The van der Waals surface area contributed by atoms with Gasteiger partial charge >= 0.3 is 0 Å². The zero-order chi connectivity index (χ0) is 17.9. The lowest BCUT2D eigenvalue weighted by Gasteiger charge is -2.12. The minimum absolute atomic E-state index is 0.159. The highest BCUT2D eigenvalue weighted by Gasteiger charge is 2.28. The van der Waals surface area contributed by atoms with Crippen LogP contribution in [0.5, 0.6) is 0 Å². The minimum Gasteiger partial charge on any atom is -0.399 e. The lowest BCUT2D eigenvalue weighted by molar-refractivity contribution is 0.0927. The van der Waals surface area contributed by atoms with Crippen LogP contribution in [0.1, 0.15) is 40.1 Å². The van der Waals surface area contributed by atoms with E-state index in [1.807, 2.05) is 19.3 Å². The number of halogens is 1. The van der Waals surface area contributed by atoms with E-state index < -0.39 is 11.7 Å². The van der Waals surface area contributed by atoms with E-state index >= 15 is 0 Å². The highest BCUT2D eigenvalue weighted by Crippen LogP contribution is 2.33. The monoisotopic (exact) mass is 330 g/mol. The van der Waals surface area contributed by atoms with Gasteiger partial charge in [-0.3, -0.25) is 15.0 Å². The summed E-state index contributed by atoms with van der Waals surface area (Å²) in [6.07, 6.45) is 0. The van der Waals surface area contributed by atoms with E-state index in [0.717, 1.165) is 0 Å². The number of amides is 2. The average Bonchev–Trinajstić information content (AvgIpc) is 2.98. The first-order valence-corrected chi connectivity index (χ1v) is 7.53. The first-order chi connectivity index (χ1) is 11.5. The van der Waals surface area contributed by atoms with Crippen LogP contribution in [0.15, 0.2) is 30.3 Å². The minimum atomic E-state index is -0.572. The van der Waals surface area contributed by atoms with Gasteiger partial charge in [0.25, 0.3) is 11.8 Å². The molecule has 0 spiro atoms. The van der Waals surface area contributed by atoms with Gasteiger partial charge in [0, 0.05) is 17.8 Å². The molecule has 1 heterocycles. The van der Waals surface area contributed by atoms with Gasteiger partial charge in [-0.2, -0.15) is 0 Å². The number of hydrogen-bond donors (Lipinski definition) is 4. The van der Waals surface area contributed by atoms with Crippen LogP contribution in [0.25, 0.3) is 11.1 Å². The van der Waals surface area contributed by atoms with Crippen molar-refractivity contribution in [3.05, 3.63) is 52.8 Å². The maximum atomic E-state index is 14.1. The van der Waals surface area contributed by atoms with E-state index in [2.05, 4.69) is 5.32 Å². The number of nitrogens with two attached hydrogens (primary N) is 2. The summed E-state index contributed by atoms with van der Waals surface area (Å²) < 4.78 is 14.1. The Balaban J connectivity index is 0.00000100. The van der Waals surface area contributed by atoms with Crippen LogP contribution in [-0.2, 0) is 6.54 Å². The van der Waals surface area contributed by atoms with Crippen molar-refractivity contribution in [2.45, 2.75) is 20.4 Å². The first-order valence-electron chi connectivity index (χ1n) is 7.53. The fourth-order valence-corrected chi connectivity index (χ4v) is 2.62. The number of nitrogen functional groups attached to an aromatic ring is 2. The maximum absolute atomic E-state index is 14.1. The molecule has 7 heteroatoms. The van der Waals surface area contributed by atoms with Crippen LogP contribution in [0.3, 0.4) is 0 Å². The van der Waals surface area contributed by atoms with Gasteiger partial charge in [0.2, 0.25) is 0 Å². The van der Waals surface area contributed by atoms with Crippen molar-refractivity contribution >= 4 is 17.5 Å². The van der Waals surface area contributed by atoms with Gasteiger partial charge in [-0.15, -0.1) is 0 Å². The lowest BCUT2D eigenvalue weighted by atomic mass is 9.92. The van der Waals surface area contributed by atoms with Crippen LogP contribution in [0, 0.1) is 5.82 Å². The fraction of sp³-hybridized carbons (Fsp3) is 0.176. The van der Waals surface area contributed by atoms with Crippen molar-refractivity contribution in [2.24, 2.45) is 5.84 Å². The van der Waals surface area contributed by atoms with E-state index in [0.29, 0.717) is 22.4 Å². The number of carbonyl (C=O) groups is 2. The Hall–Kier alpha value is -2.93. The summed E-state index contributed by atoms with van der Waals surface area (Å²) in [4.78, 5) is 23.8. The summed E-state index contributed by atoms with van der Waals surface area (Å²) in [5.74, 6) is 3.69. The Morgan fingerprint density at radius 3 is 2.50 bits per heavy atom. The van der Waals surface area contributed by atoms with E-state index in [4.69, 9.17) is 11.6 Å². The third kappa shape index (κ3) is 2.93. The molecule has 0 fully saturated rings. The van der Waals surface area contributed by atoms with E-state index in [1.165, 1.54) is 12.1 Å². The van der Waals surface area contributed by atoms with Crippen molar-refractivity contribution in [3.63, 3.8) is 0 Å². The Labute approximate surface area is 139 Å². The number of anilines is 1. The molecule has 3 rings (SSSR count). The summed E-state index contributed by atoms with van der Waals surface area (Å²) in [6.45, 7) is 4.22. The molecule has 24 heavy (non-hydrogen) atoms. The van der Waals surface area contributed by atoms with Gasteiger partial charge in [-0.1, -0.05) is 19.9 Å². The molecule has 2 aromatic rings. The molecule has 0 atom stereocenters. The Kier molecular flexibility index (Phi) is 5.15. The molecular formula is C17H19FN4O2. The number of fused-ring (bicyclic) bond motifs is 1. The van der Waals surface area contributed by atoms with Gasteiger partial charge in [0.15, 0.2) is 0 Å². The van der Waals surface area contributed by atoms with Gasteiger partial charge < -0.3 is 11.1 Å². The van der Waals surface area contributed by atoms with Crippen LogP contribution < -0.4 is 22.3 Å². The Bertz CT molecular complexity index is 805. The predicted octanol–water partition coefficient (Wildman–Crippen LogP) is 1.95. The molecular weight excluding hydrogens is 311 g/mol. The standard InChI is InChI=1S/C15H13FN4O2.C2H6/c16-12-5-7(17)1-2-9(12)8-3-4-10(14(21)20-18)13-11(8)6-19-15(13)22;1-2/h1-5H,6,17-18H2,(H,19,22)(H,20,21);1-2H3. The molecule has 0 bridgehead atoms. The number of hydrogen-bond acceptors (Lipinski definition) is 4. The molecule has 0 saturated carbocycles. The highest BCUT2D eigenvalue weighted by atomic mass is 19.1. The van der Waals surface area contributed by atoms with Crippen molar-refractivity contribution in [3.8, 4) is 11.1 Å². The zero-order valence-corrected chi connectivity index (χ0v) is 13.4. The van der Waals surface area contributed by atoms with Crippen LogP contribution in [0.4, 0.5) is 10.1 Å². The molecule has 2 aromatic carbocycles. The molecule has 0 unspecified atom stereocenters. The number of nitrogens with one attached hydrogen (secondary N) is 2. The Morgan fingerprint density at radius 2 is 1.88 bits per heavy atom. The third-order valence-corrected chi connectivity index (χ3v) is 3.62. The molecule has 0 saturated heterocycles. The second-order valence-electron chi connectivity index (χ2n) is 4.91. The normalized spacial score (nSPS) is 11.9. The molecule has 126 valence electrons. The van der Waals surface area contributed by atoms with E-state index in [1.54, 1.807) is 18.2 Å². The van der Waals surface area contributed by atoms with Gasteiger partial charge in [-0.25, -0.2) is 10.2 Å². The summed E-state index contributed by atoms with van der Waals surface area (Å²) in [7, 11) is 0. The summed E-state index contributed by atoms with van der Waals surface area (Å²) in [6, 6.07) is 7.39. The van der Waals surface area contributed by atoms with Crippen LogP contribution in [-0.4, -0.2) is 11.8 Å². The molecule has 0 aliphatic carbocycles. The highest BCUT2D eigenvalue weighted by molar-refractivity contribution is 6.10. The second kappa shape index (κ2) is 7.10. The predicted molar refractivity (Wildman–Crippen MR) is 90.4 cm³/mol. The molecule has 6 nitrogen and oxygen atoms in total. The molecule has 1 aliphatic heterocycles. The number of benzene rings is 2. The van der Waals surface area contributed by atoms with Crippen molar-refractivity contribution in [2.75, 3.05) is 5.73 Å². The number of hydrazine groups is 1. The molecule has 1 aliphatic rings. The number of carbonyl (C=O) groups excluding carboxylic acids is 2. The molecule has 0 radical (unpaired) electrons. The second-order valence-corrected chi connectivity index (χ2v) is 4.91. The van der Waals surface area contributed by atoms with Gasteiger partial charge in [0.05, 0.1) is 11.1 Å². The number of rotatable bonds is 2. The van der Waals surface area contributed by atoms with Crippen LogP contribution >= 0.6 is 0 Å². The average molecular weight is 330 g/mol. The lowest BCUT2D eigenvalue weighted by Crippen LogP contribution is -2.31. The zero-order valence-electron chi connectivity index (χ0n) is 13.4. The van der Waals surface area contributed by atoms with Gasteiger partial charge in [-0.05, 0) is 35.4 Å². The summed E-state index contributed by atoms with van der Waals surface area (Å²) in [5.41, 5.74) is 9.67. The van der Waals surface area contributed by atoms with Crippen molar-refractivity contribution < 1.29 is 14.0 Å². The summed E-state index contributed by atoms with van der Waals surface area (Å²) >= 11 is 0. The quantitative estimate of drug-likeness (QED) is 0.292. The molecule has 2 amide bonds. The van der Waals surface area contributed by atoms with Crippen molar-refractivity contribution in [1.82, 2.24) is 10.7 Å². The summed E-state index contributed by atoms with van der Waals surface area (Å²) in [5, 5.41) is 2.64. The van der Waals surface area contributed by atoms with E-state index in [9.17, 15) is 14.0 Å². The fourth-order valence-electron chi connectivity index (χ4n) is 2.62. The Morgan fingerprint density at radius 1 is 1.21 bits per heavy atom. The SMILES string of the molecule is CC.NNC(=O)c1ccc(-c2ccc(N)cc2F)c2c1C(=O)NC2. The van der Waals surface area contributed by atoms with Crippen molar-refractivity contribution in [1.29, 1.82) is 0 Å². The molecule has 0 aromatic heterocycles. The topological polar surface area (TPSA) is 110 Å². The van der Waals surface area contributed by atoms with Crippen LogP contribution in [0.2, 0.25) is 0 Å². The largest absolute Gasteiger partial charge is 0.399 e.